The number of carbonyl (C=O) groups is 1. The summed E-state index contributed by atoms with van der Waals surface area (Å²) in [6.45, 7) is 7.04. The van der Waals surface area contributed by atoms with E-state index in [1.807, 2.05) is 20.8 Å². The van der Waals surface area contributed by atoms with Gasteiger partial charge in [-0.25, -0.2) is 0 Å². The summed E-state index contributed by atoms with van der Waals surface area (Å²) in [5.74, 6) is -0.838. The lowest BCUT2D eigenvalue weighted by Crippen LogP contribution is -2.40. The predicted octanol–water partition coefficient (Wildman–Crippen LogP) is 1.51. The van der Waals surface area contributed by atoms with Gasteiger partial charge in [-0.2, -0.15) is 0 Å². The van der Waals surface area contributed by atoms with Crippen molar-refractivity contribution in [3.8, 4) is 0 Å². The van der Waals surface area contributed by atoms with Gasteiger partial charge in [0, 0.05) is 18.8 Å². The van der Waals surface area contributed by atoms with E-state index in [9.17, 15) is 9.90 Å². The molecule has 0 aromatic carbocycles. The van der Waals surface area contributed by atoms with Gasteiger partial charge in [0.15, 0.2) is 5.79 Å². The van der Waals surface area contributed by atoms with Crippen LogP contribution in [0, 0.1) is 11.3 Å². The molecule has 2 aliphatic rings. The molecule has 1 aliphatic heterocycles. The smallest absolute Gasteiger partial charge is 0.168 e. The van der Waals surface area contributed by atoms with Crippen molar-refractivity contribution in [2.75, 3.05) is 13.2 Å². The highest BCUT2D eigenvalue weighted by Gasteiger charge is 2.47. The van der Waals surface area contributed by atoms with E-state index in [1.54, 1.807) is 0 Å². The molecular weight excluding hydrogens is 220 g/mol. The fraction of sp³-hybridized carbons (Fsp3) is 0.923. The Balaban J connectivity index is 2.04. The van der Waals surface area contributed by atoms with Crippen molar-refractivity contribution in [3.63, 3.8) is 0 Å². The molecule has 2 rings (SSSR count). The molecule has 0 radical (unpaired) electrons. The van der Waals surface area contributed by atoms with E-state index in [1.165, 1.54) is 0 Å². The highest BCUT2D eigenvalue weighted by molar-refractivity contribution is 5.84. The molecule has 0 aromatic heterocycles. The number of ether oxygens (including phenoxy) is 2. The minimum absolute atomic E-state index is 0.120. The minimum Gasteiger partial charge on any atom is -0.392 e. The van der Waals surface area contributed by atoms with Crippen LogP contribution in [-0.4, -0.2) is 36.0 Å². The molecule has 1 heterocycles. The number of hydrogen-bond acceptors (Lipinski definition) is 4. The van der Waals surface area contributed by atoms with Gasteiger partial charge in [0.1, 0.15) is 5.78 Å². The molecule has 0 spiro atoms. The van der Waals surface area contributed by atoms with Crippen LogP contribution in [0.5, 0.6) is 0 Å². The number of hydrogen-bond donors (Lipinski definition) is 1. The molecule has 1 saturated carbocycles. The van der Waals surface area contributed by atoms with Crippen molar-refractivity contribution < 1.29 is 19.4 Å². The summed E-state index contributed by atoms with van der Waals surface area (Å²) in [6.07, 6.45) is 1.12. The van der Waals surface area contributed by atoms with Crippen molar-refractivity contribution in [1.29, 1.82) is 0 Å². The van der Waals surface area contributed by atoms with Gasteiger partial charge in [-0.3, -0.25) is 4.79 Å². The second kappa shape index (κ2) is 4.34. The molecule has 1 aliphatic carbocycles. The average molecular weight is 242 g/mol. The molecule has 4 nitrogen and oxygen atoms in total. The summed E-state index contributed by atoms with van der Waals surface area (Å²) < 4.78 is 11.0. The fourth-order valence-electron chi connectivity index (χ4n) is 3.10. The van der Waals surface area contributed by atoms with Gasteiger partial charge in [-0.1, -0.05) is 13.8 Å². The third-order valence-corrected chi connectivity index (χ3v) is 4.07. The van der Waals surface area contributed by atoms with Crippen LogP contribution in [0.3, 0.4) is 0 Å². The first-order valence-corrected chi connectivity index (χ1v) is 6.33. The largest absolute Gasteiger partial charge is 0.392 e. The second-order valence-electron chi connectivity index (χ2n) is 6.03. The van der Waals surface area contributed by atoms with Crippen LogP contribution in [0.15, 0.2) is 0 Å². The zero-order valence-electron chi connectivity index (χ0n) is 10.9. The molecule has 0 aromatic rings. The van der Waals surface area contributed by atoms with Crippen LogP contribution in [-0.2, 0) is 14.3 Å². The maximum absolute atomic E-state index is 11.9. The van der Waals surface area contributed by atoms with Crippen LogP contribution in [0.4, 0.5) is 0 Å². The third-order valence-electron chi connectivity index (χ3n) is 4.07. The van der Waals surface area contributed by atoms with Gasteiger partial charge in [0.25, 0.3) is 0 Å². The summed E-state index contributed by atoms with van der Waals surface area (Å²) in [5.41, 5.74) is -0.120. The van der Waals surface area contributed by atoms with Crippen LogP contribution in [0.1, 0.15) is 40.0 Å². The first-order chi connectivity index (χ1) is 7.84. The number of Topliss-reactive ketones (excluding diaryl/α,β-unsaturated/α-hetero) is 1. The molecule has 1 saturated heterocycles. The topological polar surface area (TPSA) is 55.8 Å². The van der Waals surface area contributed by atoms with E-state index in [-0.39, 0.29) is 17.1 Å². The fourth-order valence-corrected chi connectivity index (χ4v) is 3.10. The van der Waals surface area contributed by atoms with Crippen molar-refractivity contribution >= 4 is 5.78 Å². The van der Waals surface area contributed by atoms with Crippen LogP contribution < -0.4 is 0 Å². The maximum atomic E-state index is 11.9. The van der Waals surface area contributed by atoms with Gasteiger partial charge in [-0.05, 0) is 18.8 Å². The van der Waals surface area contributed by atoms with Crippen molar-refractivity contribution in [3.05, 3.63) is 0 Å². The highest BCUT2D eigenvalue weighted by Crippen LogP contribution is 2.44. The molecule has 2 atom stereocenters. The van der Waals surface area contributed by atoms with Crippen molar-refractivity contribution in [2.24, 2.45) is 11.3 Å². The Kier molecular flexibility index (Phi) is 3.31. The lowest BCUT2D eigenvalue weighted by atomic mass is 9.76. The van der Waals surface area contributed by atoms with Gasteiger partial charge >= 0.3 is 0 Å². The number of aliphatic hydroxyl groups excluding tert-OH is 1. The SMILES string of the molecule is CC1(CC(O)C2C(=O)CCC2(C)C)OCCO1. The minimum atomic E-state index is -0.724. The van der Waals surface area contributed by atoms with E-state index in [0.29, 0.717) is 26.1 Å². The lowest BCUT2D eigenvalue weighted by Gasteiger charge is -2.33. The number of ketones is 1. The molecule has 17 heavy (non-hydrogen) atoms. The molecule has 2 fully saturated rings. The Bertz CT molecular complexity index is 305. The van der Waals surface area contributed by atoms with Gasteiger partial charge in [0.05, 0.1) is 19.3 Å². The lowest BCUT2D eigenvalue weighted by molar-refractivity contribution is -0.171. The predicted molar refractivity (Wildman–Crippen MR) is 62.4 cm³/mol. The summed E-state index contributed by atoms with van der Waals surface area (Å²) in [6, 6.07) is 0. The zero-order chi connectivity index (χ0) is 12.7. The maximum Gasteiger partial charge on any atom is 0.168 e. The Labute approximate surface area is 102 Å². The number of carbonyl (C=O) groups excluding carboxylic acids is 1. The molecule has 98 valence electrons. The van der Waals surface area contributed by atoms with Gasteiger partial charge < -0.3 is 14.6 Å². The molecule has 4 heteroatoms. The van der Waals surface area contributed by atoms with Crippen LogP contribution >= 0.6 is 0 Å². The van der Waals surface area contributed by atoms with E-state index in [2.05, 4.69) is 0 Å². The number of aliphatic hydroxyl groups is 1. The third kappa shape index (κ3) is 2.54. The molecule has 2 unspecified atom stereocenters. The number of rotatable bonds is 3. The van der Waals surface area contributed by atoms with E-state index >= 15 is 0 Å². The summed E-state index contributed by atoms with van der Waals surface area (Å²) >= 11 is 0. The molecule has 1 N–H and O–H groups in total. The summed E-state index contributed by atoms with van der Waals surface area (Å²) in [7, 11) is 0. The highest BCUT2D eigenvalue weighted by atomic mass is 16.7. The average Bonchev–Trinajstić information content (AvgIpc) is 2.71. The Hall–Kier alpha value is -0.450. The molecule has 0 bridgehead atoms. The van der Waals surface area contributed by atoms with Gasteiger partial charge in [-0.15, -0.1) is 0 Å². The Morgan fingerprint density at radius 1 is 1.35 bits per heavy atom. The monoisotopic (exact) mass is 242 g/mol. The van der Waals surface area contributed by atoms with Gasteiger partial charge in [0.2, 0.25) is 0 Å². The quantitative estimate of drug-likeness (QED) is 0.815. The van der Waals surface area contributed by atoms with Crippen LogP contribution in [0.2, 0.25) is 0 Å². The first-order valence-electron chi connectivity index (χ1n) is 6.33. The molecular formula is C13H22O4. The second-order valence-corrected chi connectivity index (χ2v) is 6.03. The van der Waals surface area contributed by atoms with Crippen molar-refractivity contribution in [1.82, 2.24) is 0 Å². The zero-order valence-corrected chi connectivity index (χ0v) is 10.9. The van der Waals surface area contributed by atoms with Crippen molar-refractivity contribution in [2.45, 2.75) is 51.9 Å². The Morgan fingerprint density at radius 3 is 2.41 bits per heavy atom. The van der Waals surface area contributed by atoms with E-state index in [0.717, 1.165) is 6.42 Å². The first kappa shape index (κ1) is 13.0. The van der Waals surface area contributed by atoms with E-state index < -0.39 is 11.9 Å². The normalized spacial score (nSPS) is 32.9. The summed E-state index contributed by atoms with van der Waals surface area (Å²) in [4.78, 5) is 11.9. The standard InChI is InChI=1S/C13H22O4/c1-12(2)5-4-9(14)11(12)10(15)8-13(3)16-6-7-17-13/h10-11,15H,4-8H2,1-3H3. The molecule has 0 amide bonds. The summed E-state index contributed by atoms with van der Waals surface area (Å²) in [5, 5.41) is 10.3. The van der Waals surface area contributed by atoms with Crippen LogP contribution in [0.25, 0.3) is 0 Å². The Morgan fingerprint density at radius 2 is 1.94 bits per heavy atom. The van der Waals surface area contributed by atoms with E-state index in [4.69, 9.17) is 9.47 Å².